The minimum absolute atomic E-state index is 0.260. The highest BCUT2D eigenvalue weighted by Gasteiger charge is 2.12. The van der Waals surface area contributed by atoms with E-state index >= 15 is 0 Å². The van der Waals surface area contributed by atoms with Crippen molar-refractivity contribution in [2.75, 3.05) is 0 Å². The Balaban J connectivity index is 1.51. The molecule has 130 valence electrons. The van der Waals surface area contributed by atoms with E-state index in [1.54, 1.807) is 16.8 Å². The van der Waals surface area contributed by atoms with Crippen LogP contribution in [0.2, 0.25) is 0 Å². The fraction of sp³-hybridized carbons (Fsp3) is 0.263. The second-order valence-electron chi connectivity index (χ2n) is 5.72. The molecule has 3 rings (SSSR count). The lowest BCUT2D eigenvalue weighted by Crippen LogP contribution is -2.22. The van der Waals surface area contributed by atoms with Crippen LogP contribution in [-0.2, 0) is 26.6 Å². The standard InChI is InChI=1S/C19H21N3O3/c1-3-14-4-6-16(7-5-14)24-13-17-8-9-18(25-17)19(23)20-12-15-10-11-22(2)21-15/h4-11H,3,12-13H2,1-2H3,(H,20,23). The van der Waals surface area contributed by atoms with E-state index in [0.29, 0.717) is 12.3 Å². The molecule has 0 unspecified atom stereocenters. The highest BCUT2D eigenvalue weighted by atomic mass is 16.5. The molecule has 2 aromatic heterocycles. The lowest BCUT2D eigenvalue weighted by molar-refractivity contribution is 0.0918. The average molecular weight is 339 g/mol. The summed E-state index contributed by atoms with van der Waals surface area (Å²) < 4.78 is 12.9. The molecule has 3 aromatic rings. The molecular weight excluding hydrogens is 318 g/mol. The molecule has 0 bridgehead atoms. The maximum absolute atomic E-state index is 12.1. The molecule has 0 aliphatic carbocycles. The van der Waals surface area contributed by atoms with Gasteiger partial charge >= 0.3 is 0 Å². The third kappa shape index (κ3) is 4.50. The van der Waals surface area contributed by atoms with Gasteiger partial charge in [0.15, 0.2) is 5.76 Å². The van der Waals surface area contributed by atoms with Gasteiger partial charge in [-0.1, -0.05) is 19.1 Å². The molecule has 2 heterocycles. The number of amides is 1. The van der Waals surface area contributed by atoms with Crippen molar-refractivity contribution < 1.29 is 13.9 Å². The molecule has 1 N–H and O–H groups in total. The fourth-order valence-electron chi connectivity index (χ4n) is 2.37. The summed E-state index contributed by atoms with van der Waals surface area (Å²) in [4.78, 5) is 12.1. The SMILES string of the molecule is CCc1ccc(OCc2ccc(C(=O)NCc3ccn(C)n3)o2)cc1. The third-order valence-electron chi connectivity index (χ3n) is 3.80. The molecule has 0 fully saturated rings. The normalized spacial score (nSPS) is 10.6. The molecular formula is C19H21N3O3. The van der Waals surface area contributed by atoms with Crippen molar-refractivity contribution in [2.24, 2.45) is 7.05 Å². The van der Waals surface area contributed by atoms with Crippen LogP contribution in [0.4, 0.5) is 0 Å². The zero-order valence-corrected chi connectivity index (χ0v) is 14.4. The van der Waals surface area contributed by atoms with Crippen molar-refractivity contribution in [3.05, 3.63) is 71.4 Å². The van der Waals surface area contributed by atoms with Gasteiger partial charge in [0.05, 0.1) is 12.2 Å². The van der Waals surface area contributed by atoms with Crippen LogP contribution < -0.4 is 10.1 Å². The van der Waals surface area contributed by atoms with E-state index in [0.717, 1.165) is 17.9 Å². The maximum Gasteiger partial charge on any atom is 0.287 e. The first kappa shape index (κ1) is 16.8. The van der Waals surface area contributed by atoms with Crippen LogP contribution in [0.25, 0.3) is 0 Å². The Labute approximate surface area is 146 Å². The first-order chi connectivity index (χ1) is 12.1. The smallest absolute Gasteiger partial charge is 0.287 e. The Morgan fingerprint density at radius 2 is 2.00 bits per heavy atom. The van der Waals surface area contributed by atoms with Crippen LogP contribution in [-0.4, -0.2) is 15.7 Å². The zero-order valence-electron chi connectivity index (χ0n) is 14.4. The van der Waals surface area contributed by atoms with Gasteiger partial charge in [0.25, 0.3) is 5.91 Å². The van der Waals surface area contributed by atoms with Crippen LogP contribution in [0.5, 0.6) is 5.75 Å². The summed E-state index contributed by atoms with van der Waals surface area (Å²) in [6, 6.07) is 13.2. The number of nitrogens with zero attached hydrogens (tertiary/aromatic N) is 2. The summed E-state index contributed by atoms with van der Waals surface area (Å²) in [5, 5.41) is 6.99. The van der Waals surface area contributed by atoms with Crippen molar-refractivity contribution in [2.45, 2.75) is 26.5 Å². The number of aryl methyl sites for hydroxylation is 2. The number of rotatable bonds is 7. The summed E-state index contributed by atoms with van der Waals surface area (Å²) >= 11 is 0. The second kappa shape index (κ2) is 7.70. The molecule has 1 aromatic carbocycles. The molecule has 0 saturated carbocycles. The molecule has 0 radical (unpaired) electrons. The molecule has 0 spiro atoms. The lowest BCUT2D eigenvalue weighted by Gasteiger charge is -2.05. The van der Waals surface area contributed by atoms with E-state index in [2.05, 4.69) is 17.3 Å². The lowest BCUT2D eigenvalue weighted by atomic mass is 10.2. The van der Waals surface area contributed by atoms with Gasteiger partial charge in [-0.3, -0.25) is 9.48 Å². The molecule has 0 aliphatic rings. The number of furan rings is 1. The number of benzene rings is 1. The van der Waals surface area contributed by atoms with Crippen LogP contribution in [0.3, 0.4) is 0 Å². The molecule has 25 heavy (non-hydrogen) atoms. The van der Waals surface area contributed by atoms with E-state index in [1.165, 1.54) is 5.56 Å². The minimum atomic E-state index is -0.274. The molecule has 0 aliphatic heterocycles. The Bertz CT molecular complexity index is 834. The van der Waals surface area contributed by atoms with Crippen LogP contribution in [0.1, 0.15) is 34.5 Å². The summed E-state index contributed by atoms with van der Waals surface area (Å²) in [7, 11) is 1.83. The zero-order chi connectivity index (χ0) is 17.6. The number of aromatic nitrogens is 2. The number of carbonyl (C=O) groups excluding carboxylic acids is 1. The van der Waals surface area contributed by atoms with E-state index in [1.807, 2.05) is 43.6 Å². The Morgan fingerprint density at radius 3 is 2.68 bits per heavy atom. The summed E-state index contributed by atoms with van der Waals surface area (Å²) in [5.74, 6) is 1.36. The van der Waals surface area contributed by atoms with Gasteiger partial charge in [-0.2, -0.15) is 5.10 Å². The monoisotopic (exact) mass is 339 g/mol. The predicted molar refractivity (Wildman–Crippen MR) is 93.2 cm³/mol. The number of nitrogens with one attached hydrogen (secondary N) is 1. The fourth-order valence-corrected chi connectivity index (χ4v) is 2.37. The Morgan fingerprint density at radius 1 is 1.20 bits per heavy atom. The number of hydrogen-bond acceptors (Lipinski definition) is 4. The van der Waals surface area contributed by atoms with Gasteiger partial charge in [-0.25, -0.2) is 0 Å². The first-order valence-corrected chi connectivity index (χ1v) is 8.21. The molecule has 1 amide bonds. The third-order valence-corrected chi connectivity index (χ3v) is 3.80. The number of ether oxygens (including phenoxy) is 1. The maximum atomic E-state index is 12.1. The quantitative estimate of drug-likeness (QED) is 0.718. The van der Waals surface area contributed by atoms with Gasteiger partial charge in [-0.15, -0.1) is 0 Å². The van der Waals surface area contributed by atoms with Gasteiger partial charge < -0.3 is 14.5 Å². The van der Waals surface area contributed by atoms with Crippen LogP contribution in [0.15, 0.2) is 53.1 Å². The second-order valence-corrected chi connectivity index (χ2v) is 5.72. The molecule has 6 nitrogen and oxygen atoms in total. The largest absolute Gasteiger partial charge is 0.486 e. The van der Waals surface area contributed by atoms with Crippen LogP contribution >= 0.6 is 0 Å². The topological polar surface area (TPSA) is 69.3 Å². The summed E-state index contributed by atoms with van der Waals surface area (Å²) in [5.41, 5.74) is 2.05. The van der Waals surface area contributed by atoms with Gasteiger partial charge in [0.2, 0.25) is 0 Å². The van der Waals surface area contributed by atoms with Crippen LogP contribution in [0, 0.1) is 0 Å². The van der Waals surface area contributed by atoms with Crippen molar-refractivity contribution >= 4 is 5.91 Å². The van der Waals surface area contributed by atoms with Gasteiger partial charge in [0, 0.05) is 13.2 Å². The van der Waals surface area contributed by atoms with Crippen molar-refractivity contribution in [3.63, 3.8) is 0 Å². The van der Waals surface area contributed by atoms with E-state index in [4.69, 9.17) is 9.15 Å². The number of carbonyl (C=O) groups is 1. The summed E-state index contributed by atoms with van der Waals surface area (Å²) in [6.07, 6.45) is 2.83. The van der Waals surface area contributed by atoms with E-state index in [9.17, 15) is 4.79 Å². The first-order valence-electron chi connectivity index (χ1n) is 8.21. The van der Waals surface area contributed by atoms with Gasteiger partial charge in [-0.05, 0) is 42.3 Å². The molecule has 0 saturated heterocycles. The average Bonchev–Trinajstić information content (AvgIpc) is 3.27. The van der Waals surface area contributed by atoms with E-state index in [-0.39, 0.29) is 18.3 Å². The number of hydrogen-bond donors (Lipinski definition) is 1. The van der Waals surface area contributed by atoms with Crippen molar-refractivity contribution in [1.82, 2.24) is 15.1 Å². The van der Waals surface area contributed by atoms with Gasteiger partial charge in [0.1, 0.15) is 18.1 Å². The summed E-state index contributed by atoms with van der Waals surface area (Å²) in [6.45, 7) is 2.74. The molecule has 0 atom stereocenters. The van der Waals surface area contributed by atoms with E-state index < -0.39 is 0 Å². The Kier molecular flexibility index (Phi) is 5.18. The van der Waals surface area contributed by atoms with Crippen molar-refractivity contribution in [1.29, 1.82) is 0 Å². The van der Waals surface area contributed by atoms with Crippen molar-refractivity contribution in [3.8, 4) is 5.75 Å². The molecule has 6 heteroatoms. The minimum Gasteiger partial charge on any atom is -0.486 e. The Hall–Kier alpha value is -3.02. The highest BCUT2D eigenvalue weighted by Crippen LogP contribution is 2.16. The highest BCUT2D eigenvalue weighted by molar-refractivity contribution is 5.91. The predicted octanol–water partition coefficient (Wildman–Crippen LogP) is 3.08.